The number of nitrogens with zero attached hydrogens (tertiary/aromatic N) is 5. The molecule has 0 saturated carbocycles. The first kappa shape index (κ1) is 23.2. The summed E-state index contributed by atoms with van der Waals surface area (Å²) in [5.74, 6) is 0.881. The Morgan fingerprint density at radius 3 is 2.32 bits per heavy atom. The van der Waals surface area contributed by atoms with Crippen LogP contribution in [0.3, 0.4) is 0 Å². The third kappa shape index (κ3) is 6.02. The first-order valence-electron chi connectivity index (χ1n) is 11.2. The number of tetrazole rings is 1. The second-order valence-corrected chi connectivity index (χ2v) is 11.7. The fourth-order valence-corrected chi connectivity index (χ4v) is 4.48. The number of pyridine rings is 1. The van der Waals surface area contributed by atoms with E-state index in [1.165, 1.54) is 0 Å². The van der Waals surface area contributed by atoms with Crippen LogP contribution in [0.1, 0.15) is 86.5 Å². The van der Waals surface area contributed by atoms with Gasteiger partial charge in [-0.25, -0.2) is 4.68 Å². The van der Waals surface area contributed by atoms with Crippen molar-refractivity contribution in [2.75, 3.05) is 5.32 Å². The Hall–Kier alpha value is -2.50. The minimum Gasteiger partial charge on any atom is -0.373 e. The highest BCUT2D eigenvalue weighted by Gasteiger charge is 2.33. The summed E-state index contributed by atoms with van der Waals surface area (Å²) in [5.41, 5.74) is 1.20. The van der Waals surface area contributed by atoms with Gasteiger partial charge in [-0.15, -0.1) is 5.10 Å². The molecule has 1 aromatic carbocycles. The second-order valence-electron chi connectivity index (χ2n) is 11.7. The van der Waals surface area contributed by atoms with Gasteiger partial charge >= 0.3 is 0 Å². The van der Waals surface area contributed by atoms with Crippen LogP contribution < -0.4 is 5.32 Å². The number of nitrogens with one attached hydrogen (secondary N) is 1. The highest BCUT2D eigenvalue weighted by atomic mass is 15.6. The minimum absolute atomic E-state index is 0.0129. The van der Waals surface area contributed by atoms with Crippen molar-refractivity contribution < 1.29 is 0 Å². The lowest BCUT2D eigenvalue weighted by Gasteiger charge is -2.34. The molecule has 0 aliphatic rings. The third-order valence-electron chi connectivity index (χ3n) is 5.52. The van der Waals surface area contributed by atoms with Crippen LogP contribution in [0.2, 0.25) is 0 Å². The molecule has 1 unspecified atom stereocenters. The summed E-state index contributed by atoms with van der Waals surface area (Å²) in [6.07, 6.45) is 6.76. The third-order valence-corrected chi connectivity index (χ3v) is 5.52. The zero-order valence-electron chi connectivity index (χ0n) is 20.4. The van der Waals surface area contributed by atoms with Crippen LogP contribution in [0.5, 0.6) is 0 Å². The Morgan fingerprint density at radius 1 is 0.935 bits per heavy atom. The predicted octanol–water partition coefficient (Wildman–Crippen LogP) is 6.37. The first-order valence-corrected chi connectivity index (χ1v) is 11.2. The van der Waals surface area contributed by atoms with Crippen LogP contribution in [-0.2, 0) is 5.54 Å². The Bertz CT molecular complexity index is 1000. The number of benzene rings is 1. The smallest absolute Gasteiger partial charge is 0.174 e. The molecule has 2 aromatic heterocycles. The molecule has 6 nitrogen and oxygen atoms in total. The van der Waals surface area contributed by atoms with Crippen molar-refractivity contribution in [3.8, 4) is 0 Å². The molecule has 0 aliphatic carbocycles. The van der Waals surface area contributed by atoms with E-state index < -0.39 is 0 Å². The van der Waals surface area contributed by atoms with E-state index in [2.05, 4.69) is 99.4 Å². The van der Waals surface area contributed by atoms with E-state index in [-0.39, 0.29) is 22.4 Å². The Kier molecular flexibility index (Phi) is 6.40. The van der Waals surface area contributed by atoms with Crippen molar-refractivity contribution in [3.05, 3.63) is 42.5 Å². The highest BCUT2D eigenvalue weighted by Crippen LogP contribution is 2.36. The minimum atomic E-state index is -0.199. The predicted molar refractivity (Wildman–Crippen MR) is 128 cm³/mol. The van der Waals surface area contributed by atoms with Crippen molar-refractivity contribution in [2.45, 2.75) is 86.2 Å². The average molecular weight is 423 g/mol. The quantitative estimate of drug-likeness (QED) is 0.479. The largest absolute Gasteiger partial charge is 0.373 e. The van der Waals surface area contributed by atoms with Gasteiger partial charge in [-0.05, 0) is 54.4 Å². The number of anilines is 1. The van der Waals surface area contributed by atoms with Gasteiger partial charge in [-0.1, -0.05) is 65.8 Å². The molecule has 6 heteroatoms. The van der Waals surface area contributed by atoms with Gasteiger partial charge in [0.1, 0.15) is 0 Å². The summed E-state index contributed by atoms with van der Waals surface area (Å²) < 4.78 is 2.02. The van der Waals surface area contributed by atoms with Crippen molar-refractivity contribution in [1.29, 1.82) is 0 Å². The van der Waals surface area contributed by atoms with Crippen LogP contribution in [-0.4, -0.2) is 25.2 Å². The van der Waals surface area contributed by atoms with E-state index >= 15 is 0 Å². The van der Waals surface area contributed by atoms with E-state index in [0.717, 1.165) is 41.5 Å². The molecule has 1 N–H and O–H groups in total. The molecule has 3 aromatic rings. The topological polar surface area (TPSA) is 68.5 Å². The zero-order chi connectivity index (χ0) is 22.9. The standard InChI is InChI=1S/C25H38N6/c1-23(2,3)14-13-20(27-21-16-26-15-18-11-9-10-12-19(18)21)22-28-29-30-31(22)25(7,8)17-24(4,5)6/h9-12,15-16,20,27H,13-14,17H2,1-8H3. The van der Waals surface area contributed by atoms with E-state index in [4.69, 9.17) is 0 Å². The molecule has 0 saturated heterocycles. The van der Waals surface area contributed by atoms with Crippen LogP contribution >= 0.6 is 0 Å². The first-order chi connectivity index (χ1) is 14.4. The molecule has 0 aliphatic heterocycles. The van der Waals surface area contributed by atoms with Crippen molar-refractivity contribution in [1.82, 2.24) is 25.2 Å². The van der Waals surface area contributed by atoms with E-state index in [9.17, 15) is 0 Å². The molecule has 31 heavy (non-hydrogen) atoms. The lowest BCUT2D eigenvalue weighted by Crippen LogP contribution is -2.35. The maximum absolute atomic E-state index is 4.51. The Morgan fingerprint density at radius 2 is 1.65 bits per heavy atom. The van der Waals surface area contributed by atoms with Gasteiger partial charge in [0.25, 0.3) is 0 Å². The van der Waals surface area contributed by atoms with Gasteiger partial charge in [0.2, 0.25) is 0 Å². The van der Waals surface area contributed by atoms with Crippen LogP contribution in [0.4, 0.5) is 5.69 Å². The van der Waals surface area contributed by atoms with E-state index in [0.29, 0.717) is 0 Å². The summed E-state index contributed by atoms with van der Waals surface area (Å²) in [5, 5.41) is 19.1. The molecule has 3 rings (SSSR count). The number of fused-ring (bicyclic) bond motifs is 1. The maximum atomic E-state index is 4.51. The number of hydrogen-bond acceptors (Lipinski definition) is 5. The molecular formula is C25H38N6. The van der Waals surface area contributed by atoms with Crippen molar-refractivity contribution >= 4 is 16.5 Å². The van der Waals surface area contributed by atoms with Gasteiger partial charge in [0.15, 0.2) is 5.82 Å². The molecule has 0 radical (unpaired) electrons. The van der Waals surface area contributed by atoms with Crippen LogP contribution in [0.15, 0.2) is 36.7 Å². The monoisotopic (exact) mass is 422 g/mol. The van der Waals surface area contributed by atoms with Gasteiger partial charge < -0.3 is 5.32 Å². The van der Waals surface area contributed by atoms with Gasteiger partial charge in [-0.3, -0.25) is 4.98 Å². The molecule has 0 fully saturated rings. The molecular weight excluding hydrogens is 384 g/mol. The van der Waals surface area contributed by atoms with Gasteiger partial charge in [0, 0.05) is 17.0 Å². The lowest BCUT2D eigenvalue weighted by atomic mass is 9.81. The zero-order valence-corrected chi connectivity index (χ0v) is 20.4. The second kappa shape index (κ2) is 8.56. The van der Waals surface area contributed by atoms with Crippen molar-refractivity contribution in [2.24, 2.45) is 10.8 Å². The van der Waals surface area contributed by atoms with Gasteiger partial charge in [0.05, 0.1) is 23.5 Å². The SMILES string of the molecule is CC(C)(C)CCC(Nc1cncc2ccccc12)c1nnnn1C(C)(C)CC(C)(C)C. The number of hydrogen-bond donors (Lipinski definition) is 1. The lowest BCUT2D eigenvalue weighted by molar-refractivity contribution is 0.188. The summed E-state index contributed by atoms with van der Waals surface area (Å²) in [4.78, 5) is 4.45. The average Bonchev–Trinajstić information content (AvgIpc) is 3.13. The van der Waals surface area contributed by atoms with Crippen LogP contribution in [0.25, 0.3) is 10.8 Å². The maximum Gasteiger partial charge on any atom is 0.174 e. The molecule has 1 atom stereocenters. The Labute approximate surface area is 186 Å². The van der Waals surface area contributed by atoms with E-state index in [1.54, 1.807) is 0 Å². The normalized spacial score (nSPS) is 14.1. The number of aromatic nitrogens is 5. The molecule has 168 valence electrons. The van der Waals surface area contributed by atoms with E-state index in [1.807, 2.05) is 23.1 Å². The highest BCUT2D eigenvalue weighted by molar-refractivity contribution is 5.92. The summed E-state index contributed by atoms with van der Waals surface area (Å²) >= 11 is 0. The van der Waals surface area contributed by atoms with Crippen LogP contribution in [0, 0.1) is 10.8 Å². The fourth-order valence-electron chi connectivity index (χ4n) is 4.48. The molecule has 0 amide bonds. The summed E-state index contributed by atoms with van der Waals surface area (Å²) in [6, 6.07) is 8.32. The summed E-state index contributed by atoms with van der Waals surface area (Å²) in [6.45, 7) is 18.0. The van der Waals surface area contributed by atoms with Gasteiger partial charge in [-0.2, -0.15) is 0 Å². The number of rotatable bonds is 7. The summed E-state index contributed by atoms with van der Waals surface area (Å²) in [7, 11) is 0. The molecule has 0 bridgehead atoms. The molecule has 2 heterocycles. The van der Waals surface area contributed by atoms with Crippen molar-refractivity contribution in [3.63, 3.8) is 0 Å². The fraction of sp³-hybridized carbons (Fsp3) is 0.600. The molecule has 0 spiro atoms. The Balaban J connectivity index is 2.00.